The number of ether oxygens (including phenoxy) is 3. The van der Waals surface area contributed by atoms with Gasteiger partial charge in [0.2, 0.25) is 0 Å². The molecule has 0 aliphatic carbocycles. The molecule has 2 aromatic rings. The summed E-state index contributed by atoms with van der Waals surface area (Å²) in [5.41, 5.74) is 6.37. The van der Waals surface area contributed by atoms with Gasteiger partial charge < -0.3 is 19.9 Å². The number of nitrogens with zero attached hydrogens (tertiary/aromatic N) is 4. The van der Waals surface area contributed by atoms with Gasteiger partial charge >= 0.3 is 5.97 Å². The van der Waals surface area contributed by atoms with Crippen molar-refractivity contribution in [2.45, 2.75) is 13.5 Å². The van der Waals surface area contributed by atoms with Crippen LogP contribution in [0.3, 0.4) is 0 Å². The lowest BCUT2D eigenvalue weighted by Crippen LogP contribution is -2.11. The van der Waals surface area contributed by atoms with Crippen molar-refractivity contribution in [2.24, 2.45) is 0 Å². The Balaban J connectivity index is 2.10. The Morgan fingerprint density at radius 3 is 2.82 bits per heavy atom. The fourth-order valence-electron chi connectivity index (χ4n) is 1.77. The number of hydrogen-bond donors (Lipinski definition) is 1. The number of carbonyl (C=O) groups excluding carboxylic acids is 1. The first-order valence-corrected chi connectivity index (χ1v) is 6.64. The Kier molecular flexibility index (Phi) is 5.12. The Morgan fingerprint density at radius 2 is 2.18 bits per heavy atom. The fraction of sp³-hybridized carbons (Fsp3) is 0.385. The van der Waals surface area contributed by atoms with Crippen molar-refractivity contribution in [2.75, 3.05) is 26.1 Å². The molecule has 9 heteroatoms. The predicted molar refractivity (Wildman–Crippen MR) is 76.7 cm³/mol. The van der Waals surface area contributed by atoms with Crippen molar-refractivity contribution >= 4 is 11.7 Å². The number of anilines is 1. The van der Waals surface area contributed by atoms with Crippen LogP contribution in [0.15, 0.2) is 18.5 Å². The van der Waals surface area contributed by atoms with Gasteiger partial charge in [-0.3, -0.25) is 0 Å². The molecule has 118 valence electrons. The number of benzene rings is 1. The molecule has 0 aliphatic rings. The molecule has 2 rings (SSSR count). The molecule has 9 nitrogen and oxygen atoms in total. The van der Waals surface area contributed by atoms with E-state index in [9.17, 15) is 4.79 Å². The molecule has 0 aliphatic heterocycles. The third kappa shape index (κ3) is 3.62. The molecule has 0 amide bonds. The minimum Gasteiger partial charge on any atom is -0.493 e. The lowest BCUT2D eigenvalue weighted by atomic mass is 10.1. The average Bonchev–Trinajstić information content (AvgIpc) is 3.01. The molecule has 0 atom stereocenters. The summed E-state index contributed by atoms with van der Waals surface area (Å²) >= 11 is 0. The molecular weight excluding hydrogens is 290 g/mol. The maximum absolute atomic E-state index is 11.8. The molecule has 0 fully saturated rings. The zero-order valence-electron chi connectivity index (χ0n) is 12.4. The molecule has 0 saturated carbocycles. The smallest absolute Gasteiger partial charge is 0.340 e. The van der Waals surface area contributed by atoms with Crippen LogP contribution in [-0.2, 0) is 11.3 Å². The second-order valence-electron chi connectivity index (χ2n) is 4.23. The molecule has 1 aromatic carbocycles. The maximum Gasteiger partial charge on any atom is 0.340 e. The minimum absolute atomic E-state index is 0.242. The van der Waals surface area contributed by atoms with Gasteiger partial charge in [-0.15, -0.1) is 5.10 Å². The van der Waals surface area contributed by atoms with Gasteiger partial charge in [-0.05, 0) is 17.4 Å². The fourth-order valence-corrected chi connectivity index (χ4v) is 1.77. The van der Waals surface area contributed by atoms with Crippen LogP contribution in [0, 0.1) is 0 Å². The topological polar surface area (TPSA) is 114 Å². The number of hydrogen-bond acceptors (Lipinski definition) is 8. The second-order valence-corrected chi connectivity index (χ2v) is 4.23. The molecule has 2 N–H and O–H groups in total. The van der Waals surface area contributed by atoms with E-state index < -0.39 is 5.97 Å². The van der Waals surface area contributed by atoms with E-state index in [-0.39, 0.29) is 17.9 Å². The van der Waals surface area contributed by atoms with Crippen LogP contribution in [0.2, 0.25) is 0 Å². The third-order valence-corrected chi connectivity index (χ3v) is 2.80. The number of nitrogens with two attached hydrogens (primary N) is 1. The van der Waals surface area contributed by atoms with Crippen LogP contribution in [0.4, 0.5) is 5.69 Å². The Hall–Kier alpha value is -2.84. The van der Waals surface area contributed by atoms with Gasteiger partial charge in [0.15, 0.2) is 11.5 Å². The summed E-state index contributed by atoms with van der Waals surface area (Å²) in [5, 5.41) is 10.8. The number of nitrogen functional groups attached to an aromatic ring is 1. The van der Waals surface area contributed by atoms with E-state index in [1.807, 2.05) is 0 Å². The van der Waals surface area contributed by atoms with Crippen LogP contribution in [0.25, 0.3) is 0 Å². The van der Waals surface area contributed by atoms with Crippen LogP contribution >= 0.6 is 0 Å². The van der Waals surface area contributed by atoms with Crippen LogP contribution < -0.4 is 15.2 Å². The predicted octanol–water partition coefficient (Wildman–Crippen LogP) is 0.520. The van der Waals surface area contributed by atoms with Gasteiger partial charge in [0.05, 0.1) is 31.5 Å². The van der Waals surface area contributed by atoms with Gasteiger partial charge in [0, 0.05) is 12.1 Å². The van der Waals surface area contributed by atoms with Gasteiger partial charge in [-0.2, -0.15) is 0 Å². The summed E-state index contributed by atoms with van der Waals surface area (Å²) in [7, 11) is 1.48. The quantitative estimate of drug-likeness (QED) is 0.581. The SMILES string of the molecule is CCOC(=O)c1cc(OC)c(OCCn2cnnn2)cc1N. The van der Waals surface area contributed by atoms with E-state index in [4.69, 9.17) is 19.9 Å². The first-order valence-electron chi connectivity index (χ1n) is 6.64. The first kappa shape index (κ1) is 15.5. The molecule has 0 saturated heterocycles. The summed E-state index contributed by atoms with van der Waals surface area (Å²) in [4.78, 5) is 11.8. The summed E-state index contributed by atoms with van der Waals surface area (Å²) in [5.74, 6) is 0.327. The van der Waals surface area contributed by atoms with Crippen LogP contribution in [0.5, 0.6) is 11.5 Å². The van der Waals surface area contributed by atoms with E-state index in [0.717, 1.165) is 0 Å². The molecular formula is C13H17N5O4. The van der Waals surface area contributed by atoms with Crippen LogP contribution in [-0.4, -0.2) is 46.5 Å². The molecule has 1 heterocycles. The first-order chi connectivity index (χ1) is 10.7. The lowest BCUT2D eigenvalue weighted by Gasteiger charge is -2.13. The van der Waals surface area contributed by atoms with Crippen molar-refractivity contribution in [3.8, 4) is 11.5 Å². The maximum atomic E-state index is 11.8. The standard InChI is InChI=1S/C13H17N5O4/c1-3-21-13(19)9-6-11(20-2)12(7-10(9)14)22-5-4-18-8-15-16-17-18/h6-8H,3-5,14H2,1-2H3. The average molecular weight is 307 g/mol. The van der Waals surface area contributed by atoms with Crippen molar-refractivity contribution in [3.05, 3.63) is 24.0 Å². The highest BCUT2D eigenvalue weighted by atomic mass is 16.5. The summed E-state index contributed by atoms with van der Waals surface area (Å²) in [6, 6.07) is 3.03. The Bertz CT molecular complexity index is 630. The van der Waals surface area contributed by atoms with E-state index in [1.54, 1.807) is 6.92 Å². The number of esters is 1. The van der Waals surface area contributed by atoms with E-state index in [0.29, 0.717) is 24.7 Å². The number of carbonyl (C=O) groups is 1. The number of methoxy groups -OCH3 is 1. The molecule has 0 radical (unpaired) electrons. The number of tetrazole rings is 1. The molecule has 1 aromatic heterocycles. The number of aromatic nitrogens is 4. The van der Waals surface area contributed by atoms with E-state index >= 15 is 0 Å². The molecule has 0 spiro atoms. The normalized spacial score (nSPS) is 10.3. The van der Waals surface area contributed by atoms with E-state index in [1.165, 1.54) is 30.3 Å². The largest absolute Gasteiger partial charge is 0.493 e. The van der Waals surface area contributed by atoms with Crippen molar-refractivity contribution < 1.29 is 19.0 Å². The van der Waals surface area contributed by atoms with Crippen molar-refractivity contribution in [3.63, 3.8) is 0 Å². The highest BCUT2D eigenvalue weighted by molar-refractivity contribution is 5.96. The zero-order valence-corrected chi connectivity index (χ0v) is 12.4. The monoisotopic (exact) mass is 307 g/mol. The van der Waals surface area contributed by atoms with Gasteiger partial charge in [-0.1, -0.05) is 0 Å². The van der Waals surface area contributed by atoms with Crippen molar-refractivity contribution in [1.29, 1.82) is 0 Å². The van der Waals surface area contributed by atoms with Gasteiger partial charge in [0.25, 0.3) is 0 Å². The highest BCUT2D eigenvalue weighted by Crippen LogP contribution is 2.32. The van der Waals surface area contributed by atoms with E-state index in [2.05, 4.69) is 15.5 Å². The molecule has 0 unspecified atom stereocenters. The zero-order chi connectivity index (χ0) is 15.9. The Labute approximate surface area is 127 Å². The highest BCUT2D eigenvalue weighted by Gasteiger charge is 2.16. The number of rotatable bonds is 7. The summed E-state index contributed by atoms with van der Waals surface area (Å²) in [6.45, 7) is 2.78. The second kappa shape index (κ2) is 7.25. The third-order valence-electron chi connectivity index (χ3n) is 2.80. The summed E-state index contributed by atoms with van der Waals surface area (Å²) < 4.78 is 17.3. The summed E-state index contributed by atoms with van der Waals surface area (Å²) in [6.07, 6.45) is 1.48. The molecule has 0 bridgehead atoms. The molecule has 22 heavy (non-hydrogen) atoms. The van der Waals surface area contributed by atoms with Gasteiger partial charge in [0.1, 0.15) is 12.9 Å². The van der Waals surface area contributed by atoms with Gasteiger partial charge in [-0.25, -0.2) is 9.48 Å². The van der Waals surface area contributed by atoms with Crippen LogP contribution in [0.1, 0.15) is 17.3 Å². The lowest BCUT2D eigenvalue weighted by molar-refractivity contribution is 0.0527. The van der Waals surface area contributed by atoms with Crippen molar-refractivity contribution in [1.82, 2.24) is 20.2 Å². The minimum atomic E-state index is -0.501. The Morgan fingerprint density at radius 1 is 1.36 bits per heavy atom.